The maximum absolute atomic E-state index is 3.74. The van der Waals surface area contributed by atoms with Crippen LogP contribution in [0.3, 0.4) is 0 Å². The van der Waals surface area contributed by atoms with Gasteiger partial charge in [0.1, 0.15) is 0 Å². The highest BCUT2D eigenvalue weighted by Crippen LogP contribution is 2.12. The summed E-state index contributed by atoms with van der Waals surface area (Å²) in [5, 5.41) is 0. The summed E-state index contributed by atoms with van der Waals surface area (Å²) in [6.45, 7) is 15.5. The van der Waals surface area contributed by atoms with Crippen LogP contribution in [0.15, 0.2) is 49.1 Å². The van der Waals surface area contributed by atoms with Crippen LogP contribution >= 0.6 is 0 Å². The molecule has 0 heterocycles. The molecular weight excluding hydrogens is 156 g/mol. The zero-order valence-electron chi connectivity index (χ0n) is 9.38. The van der Waals surface area contributed by atoms with Gasteiger partial charge in [0, 0.05) is 0 Å². The van der Waals surface area contributed by atoms with E-state index in [2.05, 4.69) is 26.2 Å². The van der Waals surface area contributed by atoms with E-state index in [9.17, 15) is 0 Å². The van der Waals surface area contributed by atoms with Crippen LogP contribution in [0.25, 0.3) is 0 Å². The summed E-state index contributed by atoms with van der Waals surface area (Å²) in [5.74, 6) is 0.407. The van der Waals surface area contributed by atoms with Crippen molar-refractivity contribution < 1.29 is 0 Å². The molecule has 0 aliphatic rings. The molecule has 0 saturated carbocycles. The summed E-state index contributed by atoms with van der Waals surface area (Å²) in [6.07, 6.45) is 9.83. The smallest absolute Gasteiger partial charge is 0.00132 e. The maximum atomic E-state index is 3.74. The molecule has 0 aliphatic carbocycles. The Bertz CT molecular complexity index is 182. The van der Waals surface area contributed by atoms with Gasteiger partial charge in [-0.15, -0.1) is 6.58 Å². The van der Waals surface area contributed by atoms with Gasteiger partial charge in [-0.05, 0) is 18.4 Å². The molecule has 0 bridgehead atoms. The van der Waals surface area contributed by atoms with Crippen molar-refractivity contribution in [3.05, 3.63) is 49.1 Å². The van der Waals surface area contributed by atoms with Crippen LogP contribution in [0.1, 0.15) is 27.7 Å². The molecule has 0 amide bonds. The molecule has 13 heavy (non-hydrogen) atoms. The first-order valence-corrected chi connectivity index (χ1v) is 4.84. The Morgan fingerprint density at radius 1 is 1.23 bits per heavy atom. The molecule has 0 radical (unpaired) electrons. The fourth-order valence-corrected chi connectivity index (χ4v) is 0.824. The molecule has 1 unspecified atom stereocenters. The van der Waals surface area contributed by atoms with Crippen LogP contribution in [0.5, 0.6) is 0 Å². The largest absolute Gasteiger partial charge is 0.102 e. The summed E-state index contributed by atoms with van der Waals surface area (Å²) in [5.41, 5.74) is 1.25. The summed E-state index contributed by atoms with van der Waals surface area (Å²) >= 11 is 0. The molecule has 0 aromatic heterocycles. The van der Waals surface area contributed by atoms with Crippen molar-refractivity contribution in [2.45, 2.75) is 27.7 Å². The standard InChI is InChI=1S/C11H16.C2H6/c1-5-8-11(9-6-2)10(4)7-3;1-2/h5-10H,1,3H2,2,4H3;1-2H3/b9-6-,11-8+;. The fourth-order valence-electron chi connectivity index (χ4n) is 0.824. The highest BCUT2D eigenvalue weighted by atomic mass is 14.0. The van der Waals surface area contributed by atoms with E-state index in [4.69, 9.17) is 0 Å². The fraction of sp³-hybridized carbons (Fsp3) is 0.385. The van der Waals surface area contributed by atoms with Crippen LogP contribution in [-0.4, -0.2) is 0 Å². The molecule has 1 atom stereocenters. The van der Waals surface area contributed by atoms with Gasteiger partial charge in [0.05, 0.1) is 0 Å². The van der Waals surface area contributed by atoms with Gasteiger partial charge >= 0.3 is 0 Å². The lowest BCUT2D eigenvalue weighted by Crippen LogP contribution is -1.90. The molecule has 0 aromatic rings. The first kappa shape index (κ1) is 14.5. The molecular formula is C13H22. The maximum Gasteiger partial charge on any atom is -0.00132 e. The topological polar surface area (TPSA) is 0 Å². The molecule has 0 heteroatoms. The van der Waals surface area contributed by atoms with E-state index in [0.29, 0.717) is 5.92 Å². The monoisotopic (exact) mass is 178 g/mol. The van der Waals surface area contributed by atoms with Crippen LogP contribution in [0, 0.1) is 5.92 Å². The van der Waals surface area contributed by atoms with E-state index in [1.807, 2.05) is 39.0 Å². The Labute approximate surface area is 83.4 Å². The zero-order chi connectivity index (χ0) is 10.7. The molecule has 74 valence electrons. The Kier molecular flexibility index (Phi) is 12.2. The van der Waals surface area contributed by atoms with Crippen molar-refractivity contribution in [1.82, 2.24) is 0 Å². The molecule has 0 fully saturated rings. The number of allylic oxidation sites excluding steroid dienone is 6. The average molecular weight is 178 g/mol. The van der Waals surface area contributed by atoms with E-state index >= 15 is 0 Å². The quantitative estimate of drug-likeness (QED) is 0.438. The van der Waals surface area contributed by atoms with Gasteiger partial charge in [0.25, 0.3) is 0 Å². The summed E-state index contributed by atoms with van der Waals surface area (Å²) in [7, 11) is 0. The highest BCUT2D eigenvalue weighted by molar-refractivity contribution is 5.27. The van der Waals surface area contributed by atoms with Crippen molar-refractivity contribution in [1.29, 1.82) is 0 Å². The Hall–Kier alpha value is -1.04. The molecule has 0 saturated heterocycles. The number of rotatable bonds is 4. The van der Waals surface area contributed by atoms with Crippen molar-refractivity contribution in [3.8, 4) is 0 Å². The van der Waals surface area contributed by atoms with Gasteiger partial charge < -0.3 is 0 Å². The summed E-state index contributed by atoms with van der Waals surface area (Å²) in [6, 6.07) is 0. The second kappa shape index (κ2) is 11.0. The second-order valence-electron chi connectivity index (χ2n) is 2.43. The summed E-state index contributed by atoms with van der Waals surface area (Å²) in [4.78, 5) is 0. The Morgan fingerprint density at radius 2 is 1.77 bits per heavy atom. The van der Waals surface area contributed by atoms with Crippen molar-refractivity contribution in [2.24, 2.45) is 5.92 Å². The van der Waals surface area contributed by atoms with Gasteiger partial charge in [-0.2, -0.15) is 0 Å². The van der Waals surface area contributed by atoms with Gasteiger partial charge in [-0.3, -0.25) is 0 Å². The van der Waals surface area contributed by atoms with Crippen LogP contribution < -0.4 is 0 Å². The molecule has 0 nitrogen and oxygen atoms in total. The lowest BCUT2D eigenvalue weighted by Gasteiger charge is -2.05. The second-order valence-corrected chi connectivity index (χ2v) is 2.43. The normalized spacial score (nSPS) is 13.1. The third kappa shape index (κ3) is 7.32. The van der Waals surface area contributed by atoms with E-state index in [0.717, 1.165) is 0 Å². The average Bonchev–Trinajstić information content (AvgIpc) is 2.19. The van der Waals surface area contributed by atoms with Crippen molar-refractivity contribution >= 4 is 0 Å². The number of hydrogen-bond acceptors (Lipinski definition) is 0. The molecule has 0 spiro atoms. The first-order valence-electron chi connectivity index (χ1n) is 4.84. The SMILES string of the molecule is C=C/C=C(\C=C/C)C(C)C=C.CC. The Morgan fingerprint density at radius 3 is 2.08 bits per heavy atom. The van der Waals surface area contributed by atoms with E-state index in [-0.39, 0.29) is 0 Å². The lowest BCUT2D eigenvalue weighted by molar-refractivity contribution is 0.894. The Balaban J connectivity index is 0. The van der Waals surface area contributed by atoms with E-state index < -0.39 is 0 Å². The van der Waals surface area contributed by atoms with Crippen LogP contribution in [-0.2, 0) is 0 Å². The van der Waals surface area contributed by atoms with Gasteiger partial charge in [0.2, 0.25) is 0 Å². The third-order valence-electron chi connectivity index (χ3n) is 1.55. The molecule has 0 aromatic carbocycles. The lowest BCUT2D eigenvalue weighted by atomic mass is 10.0. The zero-order valence-corrected chi connectivity index (χ0v) is 9.38. The van der Waals surface area contributed by atoms with Crippen molar-refractivity contribution in [3.63, 3.8) is 0 Å². The van der Waals surface area contributed by atoms with E-state index in [1.165, 1.54) is 5.57 Å². The third-order valence-corrected chi connectivity index (χ3v) is 1.55. The number of hydrogen-bond donors (Lipinski definition) is 0. The predicted molar refractivity (Wildman–Crippen MR) is 63.8 cm³/mol. The summed E-state index contributed by atoms with van der Waals surface area (Å²) < 4.78 is 0. The molecule has 0 aliphatic heterocycles. The van der Waals surface area contributed by atoms with Gasteiger partial charge in [0.15, 0.2) is 0 Å². The highest BCUT2D eigenvalue weighted by Gasteiger charge is 1.97. The predicted octanol–water partition coefficient (Wildman–Crippen LogP) is 4.52. The van der Waals surface area contributed by atoms with Crippen LogP contribution in [0.2, 0.25) is 0 Å². The minimum atomic E-state index is 0.407. The molecule has 0 rings (SSSR count). The van der Waals surface area contributed by atoms with E-state index in [1.54, 1.807) is 6.08 Å². The first-order chi connectivity index (χ1) is 6.26. The van der Waals surface area contributed by atoms with Crippen molar-refractivity contribution in [2.75, 3.05) is 0 Å². The minimum absolute atomic E-state index is 0.407. The van der Waals surface area contributed by atoms with Gasteiger partial charge in [-0.25, -0.2) is 0 Å². The van der Waals surface area contributed by atoms with Gasteiger partial charge in [-0.1, -0.05) is 57.7 Å². The minimum Gasteiger partial charge on any atom is -0.102 e. The molecule has 0 N–H and O–H groups in total. The van der Waals surface area contributed by atoms with Crippen LogP contribution in [0.4, 0.5) is 0 Å².